The van der Waals surface area contributed by atoms with Crippen LogP contribution in [0.4, 0.5) is 0 Å². The van der Waals surface area contributed by atoms with Crippen LogP contribution in [0.2, 0.25) is 20.1 Å². The van der Waals surface area contributed by atoms with Crippen molar-refractivity contribution in [2.45, 2.75) is 12.1 Å². The van der Waals surface area contributed by atoms with Crippen molar-refractivity contribution in [2.75, 3.05) is 0 Å². The van der Waals surface area contributed by atoms with E-state index in [2.05, 4.69) is 0 Å². The molecular formula is C14H12Cl4N2. The lowest BCUT2D eigenvalue weighted by atomic mass is 9.95. The fourth-order valence-corrected chi connectivity index (χ4v) is 2.47. The number of halogens is 4. The zero-order valence-corrected chi connectivity index (χ0v) is 13.3. The van der Waals surface area contributed by atoms with Gasteiger partial charge in [-0.3, -0.25) is 0 Å². The minimum Gasteiger partial charge on any atom is -0.322 e. The summed E-state index contributed by atoms with van der Waals surface area (Å²) in [5, 5.41) is 1.85. The van der Waals surface area contributed by atoms with Crippen LogP contribution in [-0.4, -0.2) is 0 Å². The monoisotopic (exact) mass is 348 g/mol. The summed E-state index contributed by atoms with van der Waals surface area (Å²) >= 11 is 23.7. The average molecular weight is 350 g/mol. The molecule has 2 aromatic rings. The van der Waals surface area contributed by atoms with Crippen LogP contribution in [-0.2, 0) is 0 Å². The molecule has 0 aliphatic rings. The third-order valence-electron chi connectivity index (χ3n) is 3.04. The minimum absolute atomic E-state index is 0.429. The van der Waals surface area contributed by atoms with Crippen LogP contribution in [0, 0.1) is 0 Å². The molecule has 0 aromatic heterocycles. The molecule has 0 radical (unpaired) electrons. The molecule has 0 aliphatic carbocycles. The van der Waals surface area contributed by atoms with Crippen LogP contribution in [0.3, 0.4) is 0 Å². The van der Waals surface area contributed by atoms with E-state index in [9.17, 15) is 0 Å². The van der Waals surface area contributed by atoms with Gasteiger partial charge in [-0.15, -0.1) is 0 Å². The first-order valence-corrected chi connectivity index (χ1v) is 7.32. The second kappa shape index (κ2) is 6.52. The lowest BCUT2D eigenvalue weighted by Gasteiger charge is -2.21. The van der Waals surface area contributed by atoms with Crippen molar-refractivity contribution in [2.24, 2.45) is 11.5 Å². The van der Waals surface area contributed by atoms with Gasteiger partial charge in [0.15, 0.2) is 0 Å². The van der Waals surface area contributed by atoms with E-state index >= 15 is 0 Å². The molecular weight excluding hydrogens is 338 g/mol. The molecule has 106 valence electrons. The molecule has 0 spiro atoms. The molecule has 0 heterocycles. The fourth-order valence-electron chi connectivity index (χ4n) is 1.85. The van der Waals surface area contributed by atoms with E-state index in [0.717, 1.165) is 11.1 Å². The topological polar surface area (TPSA) is 52.0 Å². The van der Waals surface area contributed by atoms with E-state index in [4.69, 9.17) is 57.9 Å². The van der Waals surface area contributed by atoms with Crippen LogP contribution < -0.4 is 11.5 Å². The molecule has 2 aromatic carbocycles. The summed E-state index contributed by atoms with van der Waals surface area (Å²) in [7, 11) is 0. The van der Waals surface area contributed by atoms with Gasteiger partial charge in [0.1, 0.15) is 0 Å². The van der Waals surface area contributed by atoms with Gasteiger partial charge in [0, 0.05) is 12.1 Å². The second-order valence-corrected chi connectivity index (χ2v) is 6.03. The first-order valence-electron chi connectivity index (χ1n) is 5.81. The molecule has 0 bridgehead atoms. The van der Waals surface area contributed by atoms with Gasteiger partial charge < -0.3 is 11.5 Å². The normalized spacial score (nSPS) is 14.1. The Labute approximate surface area is 137 Å². The van der Waals surface area contributed by atoms with Gasteiger partial charge >= 0.3 is 0 Å². The summed E-state index contributed by atoms with van der Waals surface area (Å²) < 4.78 is 0. The maximum atomic E-state index is 6.17. The van der Waals surface area contributed by atoms with Crippen molar-refractivity contribution in [1.82, 2.24) is 0 Å². The highest BCUT2D eigenvalue weighted by Crippen LogP contribution is 2.32. The standard InChI is InChI=1S/C14H12Cl4N2/c15-9-3-1-7(5-11(9)17)13(19)14(20)8-2-4-10(16)12(18)6-8/h1-6,13-14H,19-20H2/t13-,14-/m1/s1. The van der Waals surface area contributed by atoms with Crippen molar-refractivity contribution in [1.29, 1.82) is 0 Å². The molecule has 0 saturated carbocycles. The molecule has 0 aliphatic heterocycles. The van der Waals surface area contributed by atoms with Crippen molar-refractivity contribution in [3.8, 4) is 0 Å². The first-order chi connectivity index (χ1) is 9.40. The summed E-state index contributed by atoms with van der Waals surface area (Å²) in [4.78, 5) is 0. The van der Waals surface area contributed by atoms with Crippen molar-refractivity contribution in [3.05, 3.63) is 67.6 Å². The quantitative estimate of drug-likeness (QED) is 0.819. The van der Waals surface area contributed by atoms with Gasteiger partial charge in [-0.2, -0.15) is 0 Å². The molecule has 2 rings (SSSR count). The minimum atomic E-state index is -0.429. The van der Waals surface area contributed by atoms with Crippen LogP contribution in [0.1, 0.15) is 23.2 Å². The first kappa shape index (κ1) is 15.9. The number of rotatable bonds is 3. The summed E-state index contributed by atoms with van der Waals surface area (Å²) in [5.74, 6) is 0. The smallest absolute Gasteiger partial charge is 0.0595 e. The van der Waals surface area contributed by atoms with E-state index < -0.39 is 12.1 Å². The summed E-state index contributed by atoms with van der Waals surface area (Å²) in [6.07, 6.45) is 0. The van der Waals surface area contributed by atoms with Crippen LogP contribution in [0.25, 0.3) is 0 Å². The maximum absolute atomic E-state index is 6.17. The van der Waals surface area contributed by atoms with Crippen molar-refractivity contribution >= 4 is 46.4 Å². The molecule has 0 saturated heterocycles. The zero-order valence-electron chi connectivity index (χ0n) is 10.3. The van der Waals surface area contributed by atoms with Crippen LogP contribution in [0.15, 0.2) is 36.4 Å². The Morgan fingerprint density at radius 2 is 0.950 bits per heavy atom. The SMILES string of the molecule is N[C@H](c1ccc(Cl)c(Cl)c1)[C@H](N)c1ccc(Cl)c(Cl)c1. The highest BCUT2D eigenvalue weighted by Gasteiger charge is 2.19. The number of benzene rings is 2. The lowest BCUT2D eigenvalue weighted by Crippen LogP contribution is -2.26. The number of hydrogen-bond donors (Lipinski definition) is 2. The number of hydrogen-bond acceptors (Lipinski definition) is 2. The van der Waals surface area contributed by atoms with E-state index in [1.54, 1.807) is 36.4 Å². The van der Waals surface area contributed by atoms with E-state index in [-0.39, 0.29) is 0 Å². The Kier molecular flexibility index (Phi) is 5.19. The Morgan fingerprint density at radius 3 is 1.25 bits per heavy atom. The predicted molar refractivity (Wildman–Crippen MR) is 86.8 cm³/mol. The Morgan fingerprint density at radius 1 is 0.600 bits per heavy atom. The van der Waals surface area contributed by atoms with Gasteiger partial charge in [0.05, 0.1) is 20.1 Å². The van der Waals surface area contributed by atoms with E-state index in [1.807, 2.05) is 0 Å². The fraction of sp³-hybridized carbons (Fsp3) is 0.143. The summed E-state index contributed by atoms with van der Waals surface area (Å²) in [5.41, 5.74) is 14.0. The van der Waals surface area contributed by atoms with Gasteiger partial charge in [0.25, 0.3) is 0 Å². The Bertz CT molecular complexity index is 575. The summed E-state index contributed by atoms with van der Waals surface area (Å²) in [6, 6.07) is 9.56. The van der Waals surface area contributed by atoms with Gasteiger partial charge in [-0.1, -0.05) is 58.5 Å². The van der Waals surface area contributed by atoms with Crippen LogP contribution >= 0.6 is 46.4 Å². The van der Waals surface area contributed by atoms with E-state index in [1.165, 1.54) is 0 Å². The molecule has 20 heavy (non-hydrogen) atoms. The highest BCUT2D eigenvalue weighted by atomic mass is 35.5. The van der Waals surface area contributed by atoms with Gasteiger partial charge in [0.2, 0.25) is 0 Å². The third kappa shape index (κ3) is 3.40. The molecule has 4 N–H and O–H groups in total. The Hall–Kier alpha value is -0.480. The van der Waals surface area contributed by atoms with Gasteiger partial charge in [-0.05, 0) is 35.4 Å². The molecule has 0 amide bonds. The van der Waals surface area contributed by atoms with Crippen molar-refractivity contribution in [3.63, 3.8) is 0 Å². The van der Waals surface area contributed by atoms with Gasteiger partial charge in [-0.25, -0.2) is 0 Å². The van der Waals surface area contributed by atoms with E-state index in [0.29, 0.717) is 20.1 Å². The highest BCUT2D eigenvalue weighted by molar-refractivity contribution is 6.42. The lowest BCUT2D eigenvalue weighted by molar-refractivity contribution is 0.574. The Balaban J connectivity index is 2.29. The molecule has 0 fully saturated rings. The average Bonchev–Trinajstić information content (AvgIpc) is 2.43. The maximum Gasteiger partial charge on any atom is 0.0595 e. The van der Waals surface area contributed by atoms with Crippen LogP contribution in [0.5, 0.6) is 0 Å². The number of nitrogens with two attached hydrogens (primary N) is 2. The summed E-state index contributed by atoms with van der Waals surface area (Å²) in [6.45, 7) is 0. The molecule has 6 heteroatoms. The third-order valence-corrected chi connectivity index (χ3v) is 4.52. The molecule has 0 unspecified atom stereocenters. The largest absolute Gasteiger partial charge is 0.322 e. The second-order valence-electron chi connectivity index (χ2n) is 4.40. The van der Waals surface area contributed by atoms with Crippen molar-refractivity contribution < 1.29 is 0 Å². The zero-order chi connectivity index (χ0) is 14.9. The molecule has 2 nitrogen and oxygen atoms in total. The molecule has 2 atom stereocenters. The predicted octanol–water partition coefficient (Wildman–Crippen LogP) is 5.00.